The number of carboxylic acids is 1. The van der Waals surface area contributed by atoms with Crippen molar-refractivity contribution in [1.82, 2.24) is 30.1 Å². The van der Waals surface area contributed by atoms with E-state index in [-0.39, 0.29) is 48.3 Å². The van der Waals surface area contributed by atoms with E-state index in [2.05, 4.69) is 27.0 Å². The van der Waals surface area contributed by atoms with E-state index >= 15 is 0 Å². The van der Waals surface area contributed by atoms with Gasteiger partial charge in [0.2, 0.25) is 23.6 Å². The van der Waals surface area contributed by atoms with E-state index in [4.69, 9.17) is 14.2 Å². The number of thiol groups is 1. The Labute approximate surface area is 368 Å². The van der Waals surface area contributed by atoms with Gasteiger partial charge in [-0.05, 0) is 54.2 Å². The summed E-state index contributed by atoms with van der Waals surface area (Å²) in [4.78, 5) is 73.7. The van der Waals surface area contributed by atoms with Crippen molar-refractivity contribution in [2.45, 2.75) is 123 Å². The fraction of sp³-hybridized carbons (Fsp3) is 0.744. The lowest BCUT2D eigenvalue weighted by Crippen LogP contribution is -2.60. The first-order valence-corrected chi connectivity index (χ1v) is 23.1. The number of hydrogen-bond acceptors (Lipinski definition) is 12. The van der Waals surface area contributed by atoms with E-state index in [1.165, 1.54) is 25.2 Å². The molecule has 1 aliphatic heterocycles. The third-order valence-electron chi connectivity index (χ3n) is 11.8. The van der Waals surface area contributed by atoms with Gasteiger partial charge in [0, 0.05) is 47.3 Å². The van der Waals surface area contributed by atoms with Crippen molar-refractivity contribution < 1.29 is 43.3 Å². The molecule has 2 rings (SSSR count). The predicted octanol–water partition coefficient (Wildman–Crippen LogP) is 3.92. The maximum atomic E-state index is 14.5. The number of ether oxygens (including phenoxy) is 3. The van der Waals surface area contributed by atoms with E-state index < -0.39 is 60.2 Å². The highest BCUT2D eigenvalue weighted by molar-refractivity contribution is 8.67. The number of rotatable bonds is 28. The van der Waals surface area contributed by atoms with Crippen LogP contribution in [0.1, 0.15) is 79.7 Å². The first-order chi connectivity index (χ1) is 28.4. The van der Waals surface area contributed by atoms with Gasteiger partial charge in [0.15, 0.2) is 0 Å². The quantitative estimate of drug-likeness (QED) is 0.0356. The second-order valence-electron chi connectivity index (χ2n) is 16.7. The maximum absolute atomic E-state index is 14.5. The zero-order valence-corrected chi connectivity index (χ0v) is 39.4. The smallest absolute Gasteiger partial charge is 0.326 e. The lowest BCUT2D eigenvalue weighted by molar-refractivity contribution is -0.148. The van der Waals surface area contributed by atoms with Gasteiger partial charge >= 0.3 is 5.97 Å². The van der Waals surface area contributed by atoms with Crippen molar-refractivity contribution in [1.29, 1.82) is 0 Å². The van der Waals surface area contributed by atoms with Gasteiger partial charge in [-0.1, -0.05) is 96.9 Å². The summed E-state index contributed by atoms with van der Waals surface area (Å²) in [5, 5.41) is 15.7. The Morgan fingerprint density at radius 1 is 0.950 bits per heavy atom. The molecule has 0 aromatic heterocycles. The van der Waals surface area contributed by atoms with Gasteiger partial charge in [0.1, 0.15) is 12.1 Å². The number of hydrogen-bond donors (Lipinski definition) is 5. The number of carbonyl (C=O) groups excluding carboxylic acids is 4. The molecule has 0 radical (unpaired) electrons. The summed E-state index contributed by atoms with van der Waals surface area (Å²) in [5.41, 5.74) is 0.780. The molecule has 0 aliphatic carbocycles. The van der Waals surface area contributed by atoms with E-state index in [9.17, 15) is 29.1 Å². The van der Waals surface area contributed by atoms with Crippen LogP contribution in [-0.2, 0) is 44.6 Å². The number of nitrogens with one attached hydrogen (secondary N) is 3. The number of aliphatic carboxylic acids is 1. The Morgan fingerprint density at radius 3 is 2.17 bits per heavy atom. The normalized spacial score (nSPS) is 18.4. The molecule has 15 nitrogen and oxygen atoms in total. The molecule has 1 fully saturated rings. The third-order valence-corrected chi connectivity index (χ3v) is 12.5. The molecule has 1 saturated heterocycles. The molecule has 1 aromatic rings. The minimum Gasteiger partial charge on any atom is -0.480 e. The molecule has 60 heavy (non-hydrogen) atoms. The van der Waals surface area contributed by atoms with E-state index in [0.29, 0.717) is 52.1 Å². The molecule has 0 bridgehead atoms. The highest BCUT2D eigenvalue weighted by Crippen LogP contribution is 2.30. The van der Waals surface area contributed by atoms with Gasteiger partial charge in [-0.25, -0.2) is 4.79 Å². The summed E-state index contributed by atoms with van der Waals surface area (Å²) in [5.74, 6) is -3.44. The number of methoxy groups -OCH3 is 2. The van der Waals surface area contributed by atoms with Crippen molar-refractivity contribution in [3.8, 4) is 0 Å². The molecule has 1 aromatic carbocycles. The Balaban J connectivity index is 2.24. The first kappa shape index (κ1) is 53.2. The monoisotopic (exact) mass is 882 g/mol. The fourth-order valence-corrected chi connectivity index (χ4v) is 8.70. The number of carbonyl (C=O) groups is 5. The fourth-order valence-electron chi connectivity index (χ4n) is 8.25. The van der Waals surface area contributed by atoms with Crippen LogP contribution in [0.25, 0.3) is 0 Å². The first-order valence-electron chi connectivity index (χ1n) is 21.3. The number of likely N-dealkylation sites (N-methyl/N-ethyl adjacent to an activating group) is 2. The summed E-state index contributed by atoms with van der Waals surface area (Å²) >= 11 is 4.05. The number of amides is 4. The largest absolute Gasteiger partial charge is 0.480 e. The van der Waals surface area contributed by atoms with Crippen molar-refractivity contribution in [2.24, 2.45) is 23.7 Å². The van der Waals surface area contributed by atoms with Crippen LogP contribution in [-0.4, -0.2) is 153 Å². The SMILES string of the molecule is CC[C@H](C)[C@@H]([C@@H](CC(=O)N1CCC[C@H]1[C@H](OC)[C@@H](C)C(=O)N[C@@H](Cc1ccccc1)C(=O)O)OC)N(C)C(=O)[C@@H](NC(=O)[C@H](C(C)C)N(C)CCOCCNSS)C(C)C. The molecule has 0 saturated carbocycles. The summed E-state index contributed by atoms with van der Waals surface area (Å²) < 4.78 is 20.7. The summed E-state index contributed by atoms with van der Waals surface area (Å²) in [6, 6.07) is 5.69. The molecule has 0 spiro atoms. The molecule has 4 amide bonds. The maximum Gasteiger partial charge on any atom is 0.326 e. The summed E-state index contributed by atoms with van der Waals surface area (Å²) in [6.07, 6.45) is 0.712. The minimum absolute atomic E-state index is 0.0284. The Bertz CT molecular complexity index is 1480. The molecule has 1 heterocycles. The molecular formula is C43H74N6O9S2. The average molecular weight is 883 g/mol. The van der Waals surface area contributed by atoms with Crippen molar-refractivity contribution in [2.75, 3.05) is 61.2 Å². The van der Waals surface area contributed by atoms with Gasteiger partial charge < -0.3 is 39.8 Å². The van der Waals surface area contributed by atoms with Crippen LogP contribution >= 0.6 is 22.6 Å². The highest BCUT2D eigenvalue weighted by Gasteiger charge is 2.43. The summed E-state index contributed by atoms with van der Waals surface area (Å²) in [7, 11) is 7.85. The highest BCUT2D eigenvalue weighted by atomic mass is 33.1. The molecular weight excluding hydrogens is 809 g/mol. The van der Waals surface area contributed by atoms with Crippen molar-refractivity contribution >= 4 is 52.2 Å². The van der Waals surface area contributed by atoms with E-state index in [0.717, 1.165) is 5.56 Å². The lowest BCUT2D eigenvalue weighted by Gasteiger charge is -2.41. The predicted molar refractivity (Wildman–Crippen MR) is 239 cm³/mol. The number of benzene rings is 1. The van der Waals surface area contributed by atoms with Crippen LogP contribution in [0, 0.1) is 23.7 Å². The van der Waals surface area contributed by atoms with Gasteiger partial charge in [0.25, 0.3) is 0 Å². The summed E-state index contributed by atoms with van der Waals surface area (Å²) in [6.45, 7) is 16.1. The van der Waals surface area contributed by atoms with Crippen LogP contribution in [0.3, 0.4) is 0 Å². The van der Waals surface area contributed by atoms with Crippen LogP contribution < -0.4 is 15.4 Å². The average Bonchev–Trinajstić information content (AvgIpc) is 3.70. The van der Waals surface area contributed by atoms with E-state index in [1.54, 1.807) is 23.8 Å². The Kier molecular flexibility index (Phi) is 24.1. The minimum atomic E-state index is -1.14. The van der Waals surface area contributed by atoms with Gasteiger partial charge in [-0.15, -0.1) is 0 Å². The second kappa shape index (κ2) is 27.2. The van der Waals surface area contributed by atoms with Crippen LogP contribution in [0.5, 0.6) is 0 Å². The van der Waals surface area contributed by atoms with Crippen LogP contribution in [0.15, 0.2) is 30.3 Å². The van der Waals surface area contributed by atoms with Crippen LogP contribution in [0.2, 0.25) is 0 Å². The third kappa shape index (κ3) is 15.8. The topological polar surface area (TPSA) is 179 Å². The van der Waals surface area contributed by atoms with Crippen LogP contribution in [0.4, 0.5) is 0 Å². The van der Waals surface area contributed by atoms with Gasteiger partial charge in [-0.2, -0.15) is 0 Å². The molecule has 342 valence electrons. The zero-order valence-electron chi connectivity index (χ0n) is 37.7. The number of likely N-dealkylation sites (tertiary alicyclic amines) is 1. The molecule has 0 unspecified atom stereocenters. The zero-order chi connectivity index (χ0) is 45.1. The van der Waals surface area contributed by atoms with Crippen molar-refractivity contribution in [3.63, 3.8) is 0 Å². The lowest BCUT2D eigenvalue weighted by atomic mass is 9.89. The Morgan fingerprint density at radius 2 is 1.62 bits per heavy atom. The number of nitrogens with zero attached hydrogens (tertiary/aromatic N) is 3. The Hall–Kier alpha value is -2.93. The second-order valence-corrected chi connectivity index (χ2v) is 17.7. The van der Waals surface area contributed by atoms with Crippen molar-refractivity contribution in [3.05, 3.63) is 35.9 Å². The molecule has 4 N–H and O–H groups in total. The number of carboxylic acid groups (broad SMARTS) is 1. The van der Waals surface area contributed by atoms with E-state index in [1.807, 2.05) is 83.8 Å². The standard InChI is InChI=1S/C43H74N6O9S2/c1-12-29(6)38(48(9)42(53)36(27(2)3)46-41(52)37(28(4)5)47(8)22-24-58-23-20-44-60-59)34(56-10)26-35(50)49-21-16-19-33(49)39(57-11)30(7)40(51)45-32(43(54)55)25-31-17-14-13-15-18-31/h13-15,17-18,27-30,32-34,36-39,44,59H,12,16,19-26H2,1-11H3,(H,45,51)(H,46,52)(H,54,55)/t29-,30+,32-,33-,34+,36-,37-,38-,39+/m0/s1. The molecule has 1 aliphatic rings. The molecule has 9 atom stereocenters. The molecule has 17 heteroatoms. The van der Waals surface area contributed by atoms with Gasteiger partial charge in [0.05, 0.1) is 55.9 Å². The van der Waals surface area contributed by atoms with Gasteiger partial charge in [-0.3, -0.25) is 28.8 Å².